The summed E-state index contributed by atoms with van der Waals surface area (Å²) in [6.07, 6.45) is 3.93. The maximum absolute atomic E-state index is 12.1. The molecule has 2 aliphatic heterocycles. The van der Waals surface area contributed by atoms with Gasteiger partial charge in [-0.05, 0) is 25.2 Å². The molecule has 24 heavy (non-hydrogen) atoms. The molecule has 3 heterocycles. The normalized spacial score (nSPS) is 21.7. The van der Waals surface area contributed by atoms with E-state index in [2.05, 4.69) is 34.7 Å². The fourth-order valence-corrected chi connectivity index (χ4v) is 3.57. The quantitative estimate of drug-likeness (QED) is 0.847. The van der Waals surface area contributed by atoms with E-state index in [0.29, 0.717) is 24.3 Å². The van der Waals surface area contributed by atoms with Crippen LogP contribution in [0.3, 0.4) is 0 Å². The molecule has 2 aliphatic rings. The second kappa shape index (κ2) is 6.95. The first kappa shape index (κ1) is 17.0. The van der Waals surface area contributed by atoms with Crippen molar-refractivity contribution in [2.24, 2.45) is 0 Å². The SMILES string of the molecule is CC(C)c1cc(N2CCCC(N3CCCC3=O)C2)nc(N(C)C)n1. The fourth-order valence-electron chi connectivity index (χ4n) is 3.57. The number of rotatable bonds is 4. The van der Waals surface area contributed by atoms with Crippen LogP contribution in [0.4, 0.5) is 11.8 Å². The summed E-state index contributed by atoms with van der Waals surface area (Å²) in [5.41, 5.74) is 1.07. The Hall–Kier alpha value is -1.85. The lowest BCUT2D eigenvalue weighted by molar-refractivity contribution is -0.129. The molecule has 0 spiro atoms. The third-order valence-corrected chi connectivity index (χ3v) is 4.98. The number of piperidine rings is 1. The number of carbonyl (C=O) groups is 1. The maximum atomic E-state index is 12.1. The Morgan fingerprint density at radius 2 is 2.00 bits per heavy atom. The van der Waals surface area contributed by atoms with Gasteiger partial charge in [-0.2, -0.15) is 4.98 Å². The minimum Gasteiger partial charge on any atom is -0.354 e. The molecule has 0 N–H and O–H groups in total. The van der Waals surface area contributed by atoms with E-state index in [-0.39, 0.29) is 0 Å². The maximum Gasteiger partial charge on any atom is 0.227 e. The van der Waals surface area contributed by atoms with Crippen molar-refractivity contribution in [3.05, 3.63) is 11.8 Å². The van der Waals surface area contributed by atoms with Gasteiger partial charge < -0.3 is 14.7 Å². The topological polar surface area (TPSA) is 52.6 Å². The predicted octanol–water partition coefficient (Wildman–Crippen LogP) is 2.26. The van der Waals surface area contributed by atoms with Gasteiger partial charge >= 0.3 is 0 Å². The Bertz CT molecular complexity index is 575. The summed E-state index contributed by atoms with van der Waals surface area (Å²) in [5, 5.41) is 0. The molecular weight excluding hydrogens is 302 g/mol. The molecule has 1 aromatic rings. The zero-order valence-corrected chi connectivity index (χ0v) is 15.3. The number of carbonyl (C=O) groups excluding carboxylic acids is 1. The molecule has 0 radical (unpaired) electrons. The van der Waals surface area contributed by atoms with Crippen LogP contribution >= 0.6 is 0 Å². The minimum atomic E-state index is 0.321. The fraction of sp³-hybridized carbons (Fsp3) is 0.722. The van der Waals surface area contributed by atoms with Gasteiger partial charge in [0.25, 0.3) is 0 Å². The zero-order chi connectivity index (χ0) is 17.3. The van der Waals surface area contributed by atoms with E-state index in [9.17, 15) is 4.79 Å². The first-order valence-electron chi connectivity index (χ1n) is 9.06. The van der Waals surface area contributed by atoms with E-state index in [4.69, 9.17) is 4.98 Å². The van der Waals surface area contributed by atoms with Gasteiger partial charge in [-0.15, -0.1) is 0 Å². The summed E-state index contributed by atoms with van der Waals surface area (Å²) in [6, 6.07) is 2.44. The summed E-state index contributed by atoms with van der Waals surface area (Å²) in [5.74, 6) is 2.44. The molecule has 1 amide bonds. The molecule has 132 valence electrons. The molecule has 0 saturated carbocycles. The van der Waals surface area contributed by atoms with Crippen LogP contribution in [0, 0.1) is 0 Å². The average Bonchev–Trinajstić information content (AvgIpc) is 3.00. The van der Waals surface area contributed by atoms with Gasteiger partial charge in [0.05, 0.1) is 5.69 Å². The van der Waals surface area contributed by atoms with Crippen LogP contribution in [-0.2, 0) is 4.79 Å². The van der Waals surface area contributed by atoms with Crippen LogP contribution in [-0.4, -0.2) is 60.5 Å². The standard InChI is InChI=1S/C18H29N5O/c1-13(2)15-11-16(20-18(19-15)21(3)4)22-9-5-7-14(12-22)23-10-6-8-17(23)24/h11,13-14H,5-10,12H2,1-4H3. The molecule has 3 rings (SSSR count). The highest BCUT2D eigenvalue weighted by Crippen LogP contribution is 2.27. The molecule has 1 aromatic heterocycles. The number of likely N-dealkylation sites (tertiary alicyclic amines) is 1. The highest BCUT2D eigenvalue weighted by Gasteiger charge is 2.32. The highest BCUT2D eigenvalue weighted by molar-refractivity contribution is 5.78. The van der Waals surface area contributed by atoms with E-state index < -0.39 is 0 Å². The van der Waals surface area contributed by atoms with Crippen molar-refractivity contribution < 1.29 is 4.79 Å². The number of anilines is 2. The van der Waals surface area contributed by atoms with Crippen LogP contribution in [0.25, 0.3) is 0 Å². The lowest BCUT2D eigenvalue weighted by atomic mass is 10.0. The van der Waals surface area contributed by atoms with Gasteiger partial charge in [0.1, 0.15) is 5.82 Å². The van der Waals surface area contributed by atoms with Crippen molar-refractivity contribution in [3.8, 4) is 0 Å². The van der Waals surface area contributed by atoms with E-state index in [0.717, 1.165) is 56.4 Å². The molecule has 6 heteroatoms. The molecule has 0 aromatic carbocycles. The lowest BCUT2D eigenvalue weighted by Gasteiger charge is -2.38. The van der Waals surface area contributed by atoms with Crippen molar-refractivity contribution in [3.63, 3.8) is 0 Å². The largest absolute Gasteiger partial charge is 0.354 e. The number of hydrogen-bond acceptors (Lipinski definition) is 5. The van der Waals surface area contributed by atoms with Crippen LogP contribution in [0.5, 0.6) is 0 Å². The van der Waals surface area contributed by atoms with Gasteiger partial charge in [0.15, 0.2) is 0 Å². The molecule has 1 unspecified atom stereocenters. The second-order valence-corrected chi connectivity index (χ2v) is 7.43. The lowest BCUT2D eigenvalue weighted by Crippen LogP contribution is -2.48. The van der Waals surface area contributed by atoms with Gasteiger partial charge in [-0.25, -0.2) is 4.98 Å². The number of aromatic nitrogens is 2. The second-order valence-electron chi connectivity index (χ2n) is 7.43. The van der Waals surface area contributed by atoms with Gasteiger partial charge in [0.2, 0.25) is 11.9 Å². The van der Waals surface area contributed by atoms with Crippen LogP contribution < -0.4 is 9.80 Å². The Morgan fingerprint density at radius 1 is 1.21 bits per heavy atom. The third kappa shape index (κ3) is 3.47. The Kier molecular flexibility index (Phi) is 4.92. The van der Waals surface area contributed by atoms with Crippen molar-refractivity contribution in [1.29, 1.82) is 0 Å². The molecule has 2 saturated heterocycles. The van der Waals surface area contributed by atoms with Gasteiger partial charge in [-0.1, -0.05) is 13.8 Å². The van der Waals surface area contributed by atoms with Crippen LogP contribution in [0.2, 0.25) is 0 Å². The van der Waals surface area contributed by atoms with Gasteiger partial charge in [0, 0.05) is 52.3 Å². The first-order valence-corrected chi connectivity index (χ1v) is 9.06. The summed E-state index contributed by atoms with van der Waals surface area (Å²) < 4.78 is 0. The Labute approximate surface area is 144 Å². The number of nitrogens with zero attached hydrogens (tertiary/aromatic N) is 5. The molecule has 0 bridgehead atoms. The highest BCUT2D eigenvalue weighted by atomic mass is 16.2. The third-order valence-electron chi connectivity index (χ3n) is 4.98. The van der Waals surface area contributed by atoms with Crippen molar-refractivity contribution in [1.82, 2.24) is 14.9 Å². The minimum absolute atomic E-state index is 0.321. The first-order chi connectivity index (χ1) is 11.5. The number of amides is 1. The zero-order valence-electron chi connectivity index (χ0n) is 15.3. The predicted molar refractivity (Wildman–Crippen MR) is 96.6 cm³/mol. The molecular formula is C18H29N5O. The summed E-state index contributed by atoms with van der Waals surface area (Å²) in [7, 11) is 3.95. The summed E-state index contributed by atoms with van der Waals surface area (Å²) >= 11 is 0. The average molecular weight is 331 g/mol. The van der Waals surface area contributed by atoms with Crippen LogP contribution in [0.1, 0.15) is 51.1 Å². The molecule has 6 nitrogen and oxygen atoms in total. The smallest absolute Gasteiger partial charge is 0.227 e. The molecule has 1 atom stereocenters. The van der Waals surface area contributed by atoms with Crippen molar-refractivity contribution in [2.75, 3.05) is 43.5 Å². The van der Waals surface area contributed by atoms with E-state index in [1.807, 2.05) is 19.0 Å². The Morgan fingerprint density at radius 3 is 2.62 bits per heavy atom. The molecule has 0 aliphatic carbocycles. The van der Waals surface area contributed by atoms with Gasteiger partial charge in [-0.3, -0.25) is 4.79 Å². The van der Waals surface area contributed by atoms with Crippen LogP contribution in [0.15, 0.2) is 6.07 Å². The Balaban J connectivity index is 1.83. The van der Waals surface area contributed by atoms with Crippen molar-refractivity contribution in [2.45, 2.75) is 51.5 Å². The monoisotopic (exact) mass is 331 g/mol. The summed E-state index contributed by atoms with van der Waals surface area (Å²) in [4.78, 5) is 27.9. The van der Waals surface area contributed by atoms with E-state index in [1.54, 1.807) is 0 Å². The molecule has 2 fully saturated rings. The van der Waals surface area contributed by atoms with E-state index in [1.165, 1.54) is 0 Å². The van der Waals surface area contributed by atoms with Crippen molar-refractivity contribution >= 4 is 17.7 Å². The summed E-state index contributed by atoms with van der Waals surface area (Å²) in [6.45, 7) is 7.12. The van der Waals surface area contributed by atoms with E-state index >= 15 is 0 Å². The number of hydrogen-bond donors (Lipinski definition) is 0.